The van der Waals surface area contributed by atoms with E-state index in [2.05, 4.69) is 35.9 Å². The maximum Gasteiger partial charge on any atom is 0.0613 e. The van der Waals surface area contributed by atoms with Gasteiger partial charge < -0.3 is 20.2 Å². The lowest BCUT2D eigenvalue weighted by atomic mass is 9.91. The van der Waals surface area contributed by atoms with E-state index in [1.807, 2.05) is 7.05 Å². The Balaban J connectivity index is 2.21. The minimum atomic E-state index is -0.0700. The molecule has 0 aromatic rings. The summed E-state index contributed by atoms with van der Waals surface area (Å²) in [4.78, 5) is 5.16. The number of aliphatic hydroxyl groups excluding tert-OH is 1. The first-order valence-corrected chi connectivity index (χ1v) is 8.29. The summed E-state index contributed by atoms with van der Waals surface area (Å²) < 4.78 is 0. The smallest absolute Gasteiger partial charge is 0.0613 e. The molecule has 120 valence electrons. The summed E-state index contributed by atoms with van der Waals surface area (Å²) in [5, 5.41) is 12.9. The van der Waals surface area contributed by atoms with Gasteiger partial charge in [-0.25, -0.2) is 0 Å². The Morgan fingerprint density at radius 1 is 1.15 bits per heavy atom. The zero-order chi connectivity index (χ0) is 15.0. The van der Waals surface area contributed by atoms with Gasteiger partial charge in [-0.05, 0) is 38.8 Å². The molecule has 1 fully saturated rings. The molecule has 0 aromatic carbocycles. The van der Waals surface area contributed by atoms with E-state index in [1.54, 1.807) is 0 Å². The van der Waals surface area contributed by atoms with Gasteiger partial charge in [-0.1, -0.05) is 20.8 Å². The van der Waals surface area contributed by atoms with E-state index >= 15 is 0 Å². The summed E-state index contributed by atoms with van der Waals surface area (Å²) in [6, 6.07) is 0. The lowest BCUT2D eigenvalue weighted by Gasteiger charge is -2.36. The van der Waals surface area contributed by atoms with Crippen molar-refractivity contribution in [3.63, 3.8) is 0 Å². The van der Waals surface area contributed by atoms with Gasteiger partial charge in [0.25, 0.3) is 0 Å². The predicted molar refractivity (Wildman–Crippen MR) is 86.1 cm³/mol. The van der Waals surface area contributed by atoms with E-state index in [-0.39, 0.29) is 12.1 Å². The molecule has 20 heavy (non-hydrogen) atoms. The van der Waals surface area contributed by atoms with Crippen molar-refractivity contribution in [3.05, 3.63) is 0 Å². The van der Waals surface area contributed by atoms with Crippen molar-refractivity contribution in [1.29, 1.82) is 0 Å². The van der Waals surface area contributed by atoms with Crippen molar-refractivity contribution in [2.24, 2.45) is 5.92 Å². The molecule has 0 amide bonds. The molecule has 1 aliphatic rings. The molecule has 0 spiro atoms. The van der Waals surface area contributed by atoms with E-state index in [4.69, 9.17) is 0 Å². The molecule has 1 atom stereocenters. The third kappa shape index (κ3) is 5.68. The van der Waals surface area contributed by atoms with E-state index in [0.717, 1.165) is 18.8 Å². The average Bonchev–Trinajstić information content (AvgIpc) is 2.45. The first-order chi connectivity index (χ1) is 9.55. The van der Waals surface area contributed by atoms with E-state index in [9.17, 15) is 5.11 Å². The molecule has 2 N–H and O–H groups in total. The number of rotatable bonds is 9. The van der Waals surface area contributed by atoms with Crippen LogP contribution < -0.4 is 5.32 Å². The second-order valence-electron chi connectivity index (χ2n) is 6.68. The van der Waals surface area contributed by atoms with Gasteiger partial charge in [0.1, 0.15) is 0 Å². The number of hydrogen-bond acceptors (Lipinski definition) is 4. The maximum atomic E-state index is 9.55. The van der Waals surface area contributed by atoms with Crippen LogP contribution in [0.1, 0.15) is 40.0 Å². The van der Waals surface area contributed by atoms with Crippen molar-refractivity contribution in [2.75, 3.05) is 52.9 Å². The molecule has 1 heterocycles. The molecule has 1 aliphatic heterocycles. The van der Waals surface area contributed by atoms with Crippen LogP contribution in [-0.4, -0.2) is 73.4 Å². The van der Waals surface area contributed by atoms with E-state index < -0.39 is 0 Å². The monoisotopic (exact) mass is 285 g/mol. The zero-order valence-corrected chi connectivity index (χ0v) is 14.0. The van der Waals surface area contributed by atoms with Crippen molar-refractivity contribution in [1.82, 2.24) is 15.1 Å². The van der Waals surface area contributed by atoms with Crippen LogP contribution in [0.5, 0.6) is 0 Å². The number of nitrogens with zero attached hydrogens (tertiary/aromatic N) is 2. The molecule has 1 unspecified atom stereocenters. The number of nitrogens with one attached hydrogen (secondary N) is 1. The maximum absolute atomic E-state index is 9.55. The summed E-state index contributed by atoms with van der Waals surface area (Å²) in [5.41, 5.74) is -0.0700. The van der Waals surface area contributed by atoms with Gasteiger partial charge in [0.05, 0.1) is 6.61 Å². The van der Waals surface area contributed by atoms with Gasteiger partial charge in [-0.15, -0.1) is 0 Å². The molecule has 1 rings (SSSR count). The normalized spacial score (nSPS) is 21.3. The Morgan fingerprint density at radius 3 is 2.20 bits per heavy atom. The SMILES string of the molecule is CCC(CO)(CCCN1CCN(CC(C)C)CC1)NC. The highest BCUT2D eigenvalue weighted by atomic mass is 16.3. The lowest BCUT2D eigenvalue weighted by Crippen LogP contribution is -2.49. The van der Waals surface area contributed by atoms with Gasteiger partial charge >= 0.3 is 0 Å². The second-order valence-corrected chi connectivity index (χ2v) is 6.68. The minimum absolute atomic E-state index is 0.0700. The Bertz CT molecular complexity index is 238. The van der Waals surface area contributed by atoms with Gasteiger partial charge in [-0.3, -0.25) is 0 Å². The van der Waals surface area contributed by atoms with Crippen LogP contribution in [0, 0.1) is 5.92 Å². The fraction of sp³-hybridized carbons (Fsp3) is 1.00. The summed E-state index contributed by atoms with van der Waals surface area (Å²) in [6.45, 7) is 14.2. The van der Waals surface area contributed by atoms with E-state index in [1.165, 1.54) is 45.7 Å². The minimum Gasteiger partial charge on any atom is -0.394 e. The first-order valence-electron chi connectivity index (χ1n) is 8.29. The largest absolute Gasteiger partial charge is 0.394 e. The standard InChI is InChI=1S/C16H35N3O/c1-5-16(14-20,17-4)7-6-8-18-9-11-19(12-10-18)13-15(2)3/h15,17,20H,5-14H2,1-4H3. The van der Waals surface area contributed by atoms with Crippen LogP contribution in [0.2, 0.25) is 0 Å². The highest BCUT2D eigenvalue weighted by Gasteiger charge is 2.25. The van der Waals surface area contributed by atoms with Gasteiger partial charge in [0.2, 0.25) is 0 Å². The number of piperazine rings is 1. The predicted octanol–water partition coefficient (Wildman–Crippen LogP) is 1.40. The van der Waals surface area contributed by atoms with Crippen molar-refractivity contribution in [3.8, 4) is 0 Å². The van der Waals surface area contributed by atoms with Crippen LogP contribution in [0.4, 0.5) is 0 Å². The van der Waals surface area contributed by atoms with Crippen molar-refractivity contribution < 1.29 is 5.11 Å². The molecule has 4 heteroatoms. The molecular formula is C16H35N3O. The third-order valence-electron chi connectivity index (χ3n) is 4.73. The average molecular weight is 285 g/mol. The summed E-state index contributed by atoms with van der Waals surface area (Å²) >= 11 is 0. The van der Waals surface area contributed by atoms with Crippen LogP contribution in [0.25, 0.3) is 0 Å². The highest BCUT2D eigenvalue weighted by Crippen LogP contribution is 2.17. The fourth-order valence-corrected chi connectivity index (χ4v) is 3.10. The summed E-state index contributed by atoms with van der Waals surface area (Å²) in [6.07, 6.45) is 3.21. The lowest BCUT2D eigenvalue weighted by molar-refractivity contribution is 0.110. The molecule has 4 nitrogen and oxygen atoms in total. The summed E-state index contributed by atoms with van der Waals surface area (Å²) in [5.74, 6) is 0.770. The van der Waals surface area contributed by atoms with Gasteiger partial charge in [0.15, 0.2) is 0 Å². The quantitative estimate of drug-likeness (QED) is 0.672. The third-order valence-corrected chi connectivity index (χ3v) is 4.73. The number of likely N-dealkylation sites (N-methyl/N-ethyl adjacent to an activating group) is 1. The van der Waals surface area contributed by atoms with Crippen molar-refractivity contribution in [2.45, 2.75) is 45.6 Å². The Morgan fingerprint density at radius 2 is 1.75 bits per heavy atom. The Hall–Kier alpha value is -0.160. The van der Waals surface area contributed by atoms with Gasteiger partial charge in [-0.2, -0.15) is 0 Å². The molecule has 1 saturated heterocycles. The first kappa shape index (κ1) is 17.9. The second kappa shape index (κ2) is 8.98. The molecule has 0 aromatic heterocycles. The Kier molecular flexibility index (Phi) is 8.03. The van der Waals surface area contributed by atoms with Crippen LogP contribution >= 0.6 is 0 Å². The molecule has 0 bridgehead atoms. The van der Waals surface area contributed by atoms with Crippen molar-refractivity contribution >= 4 is 0 Å². The van der Waals surface area contributed by atoms with Gasteiger partial charge in [0, 0.05) is 38.3 Å². The summed E-state index contributed by atoms with van der Waals surface area (Å²) in [7, 11) is 1.96. The number of hydrogen-bond donors (Lipinski definition) is 2. The topological polar surface area (TPSA) is 38.7 Å². The molecule has 0 radical (unpaired) electrons. The van der Waals surface area contributed by atoms with Crippen LogP contribution in [0.3, 0.4) is 0 Å². The van der Waals surface area contributed by atoms with Crippen LogP contribution in [0.15, 0.2) is 0 Å². The van der Waals surface area contributed by atoms with Crippen LogP contribution in [-0.2, 0) is 0 Å². The molecule has 0 saturated carbocycles. The van der Waals surface area contributed by atoms with E-state index in [0.29, 0.717) is 0 Å². The molecular weight excluding hydrogens is 250 g/mol. The zero-order valence-electron chi connectivity index (χ0n) is 14.0. The molecule has 0 aliphatic carbocycles. The number of aliphatic hydroxyl groups is 1. The highest BCUT2D eigenvalue weighted by molar-refractivity contribution is 4.85. The fourth-order valence-electron chi connectivity index (χ4n) is 3.10. The Labute approximate surface area is 125 Å².